The molecule has 118 valence electrons. The van der Waals surface area contributed by atoms with E-state index in [1.165, 1.54) is 5.56 Å². The molecule has 0 amide bonds. The van der Waals surface area contributed by atoms with Crippen molar-refractivity contribution in [1.82, 2.24) is 19.9 Å². The average Bonchev–Trinajstić information content (AvgIpc) is 3.01. The number of fused-ring (bicyclic) bond motifs is 1. The van der Waals surface area contributed by atoms with Crippen molar-refractivity contribution < 1.29 is 4.52 Å². The summed E-state index contributed by atoms with van der Waals surface area (Å²) >= 11 is 0. The number of benzene rings is 1. The summed E-state index contributed by atoms with van der Waals surface area (Å²) in [5.74, 6) is 0. The molecule has 0 radical (unpaired) electrons. The zero-order chi connectivity index (χ0) is 15.5. The van der Waals surface area contributed by atoms with Crippen LogP contribution in [0.15, 0.2) is 53.3 Å². The van der Waals surface area contributed by atoms with E-state index in [2.05, 4.69) is 32.1 Å². The summed E-state index contributed by atoms with van der Waals surface area (Å²) in [4.78, 5) is 9.12. The Kier molecular flexibility index (Phi) is 4.05. The summed E-state index contributed by atoms with van der Waals surface area (Å²) in [6.07, 6.45) is 3.78. The molecule has 0 aliphatic carbocycles. The number of piperazine rings is 1. The molecular weight excluding hydrogens is 288 g/mol. The van der Waals surface area contributed by atoms with Crippen LogP contribution >= 0.6 is 0 Å². The van der Waals surface area contributed by atoms with E-state index in [4.69, 9.17) is 4.52 Å². The zero-order valence-corrected chi connectivity index (χ0v) is 13.1. The molecule has 1 fully saturated rings. The molecule has 0 spiro atoms. The van der Waals surface area contributed by atoms with Gasteiger partial charge in [0.25, 0.3) is 0 Å². The van der Waals surface area contributed by atoms with Crippen molar-refractivity contribution in [2.45, 2.75) is 13.1 Å². The van der Waals surface area contributed by atoms with Crippen molar-refractivity contribution in [2.24, 2.45) is 0 Å². The van der Waals surface area contributed by atoms with Gasteiger partial charge in [0.1, 0.15) is 5.69 Å². The molecular formula is C18H20N4O. The standard InChI is InChI=1S/C18H20N4O/c1-2-6-18-16(5-1)17(20-23-18)14-22-10-8-21(9-11-22)13-15-4-3-7-19-12-15/h1-7,12H,8-11,13-14H2. The van der Waals surface area contributed by atoms with E-state index >= 15 is 0 Å². The first kappa shape index (κ1) is 14.4. The van der Waals surface area contributed by atoms with Crippen LogP contribution in [0.4, 0.5) is 0 Å². The number of pyridine rings is 1. The minimum absolute atomic E-state index is 0.859. The minimum atomic E-state index is 0.859. The van der Waals surface area contributed by atoms with Gasteiger partial charge in [0, 0.05) is 57.0 Å². The molecule has 0 N–H and O–H groups in total. The van der Waals surface area contributed by atoms with Gasteiger partial charge in [-0.3, -0.25) is 14.8 Å². The lowest BCUT2D eigenvalue weighted by Crippen LogP contribution is -2.45. The van der Waals surface area contributed by atoms with Gasteiger partial charge in [0.05, 0.1) is 0 Å². The van der Waals surface area contributed by atoms with Crippen LogP contribution in [0.1, 0.15) is 11.3 Å². The van der Waals surface area contributed by atoms with E-state index in [-0.39, 0.29) is 0 Å². The smallest absolute Gasteiger partial charge is 0.167 e. The van der Waals surface area contributed by atoms with Gasteiger partial charge in [-0.15, -0.1) is 0 Å². The van der Waals surface area contributed by atoms with Gasteiger partial charge in [-0.05, 0) is 23.8 Å². The SMILES string of the molecule is c1cncc(CN2CCN(Cc3noc4ccccc34)CC2)c1. The van der Waals surface area contributed by atoms with Crippen molar-refractivity contribution in [1.29, 1.82) is 0 Å². The quantitative estimate of drug-likeness (QED) is 0.741. The van der Waals surface area contributed by atoms with Crippen molar-refractivity contribution in [3.63, 3.8) is 0 Å². The maximum Gasteiger partial charge on any atom is 0.167 e. The van der Waals surface area contributed by atoms with Gasteiger partial charge >= 0.3 is 0 Å². The second-order valence-corrected chi connectivity index (χ2v) is 6.04. The van der Waals surface area contributed by atoms with Gasteiger partial charge in [-0.1, -0.05) is 23.4 Å². The number of nitrogens with zero attached hydrogens (tertiary/aromatic N) is 4. The normalized spacial score (nSPS) is 16.9. The van der Waals surface area contributed by atoms with Crippen LogP contribution in [0, 0.1) is 0 Å². The average molecular weight is 308 g/mol. The van der Waals surface area contributed by atoms with Crippen molar-refractivity contribution in [3.8, 4) is 0 Å². The first-order chi connectivity index (χ1) is 11.4. The molecule has 2 aromatic heterocycles. The Morgan fingerprint density at radius 2 is 1.70 bits per heavy atom. The first-order valence-electron chi connectivity index (χ1n) is 8.05. The monoisotopic (exact) mass is 308 g/mol. The molecule has 3 aromatic rings. The molecule has 1 aromatic carbocycles. The number of para-hydroxylation sites is 1. The Balaban J connectivity index is 1.35. The molecule has 3 heterocycles. The lowest BCUT2D eigenvalue weighted by Gasteiger charge is -2.34. The summed E-state index contributed by atoms with van der Waals surface area (Å²) in [6.45, 7) is 6.10. The van der Waals surface area contributed by atoms with E-state index in [9.17, 15) is 0 Å². The van der Waals surface area contributed by atoms with Crippen LogP contribution in [-0.2, 0) is 13.1 Å². The Morgan fingerprint density at radius 3 is 2.48 bits per heavy atom. The Bertz CT molecular complexity index is 763. The number of rotatable bonds is 4. The third kappa shape index (κ3) is 3.25. The van der Waals surface area contributed by atoms with Crippen LogP contribution in [0.25, 0.3) is 11.0 Å². The van der Waals surface area contributed by atoms with Crippen LogP contribution < -0.4 is 0 Å². The second kappa shape index (κ2) is 6.48. The molecule has 1 aliphatic heterocycles. The minimum Gasteiger partial charge on any atom is -0.356 e. The summed E-state index contributed by atoms with van der Waals surface area (Å²) in [5, 5.41) is 5.37. The Morgan fingerprint density at radius 1 is 0.913 bits per heavy atom. The predicted octanol–water partition coefficient (Wildman–Crippen LogP) is 2.54. The largest absolute Gasteiger partial charge is 0.356 e. The second-order valence-electron chi connectivity index (χ2n) is 6.04. The number of hydrogen-bond acceptors (Lipinski definition) is 5. The van der Waals surface area contributed by atoms with E-state index in [1.807, 2.05) is 36.7 Å². The van der Waals surface area contributed by atoms with Crippen LogP contribution in [0.5, 0.6) is 0 Å². The summed E-state index contributed by atoms with van der Waals surface area (Å²) in [6, 6.07) is 12.2. The van der Waals surface area contributed by atoms with Gasteiger partial charge in [-0.25, -0.2) is 0 Å². The van der Waals surface area contributed by atoms with E-state index in [1.54, 1.807) is 0 Å². The Hall–Kier alpha value is -2.24. The third-order valence-corrected chi connectivity index (χ3v) is 4.42. The van der Waals surface area contributed by atoms with Gasteiger partial charge < -0.3 is 4.52 Å². The highest BCUT2D eigenvalue weighted by molar-refractivity contribution is 5.79. The first-order valence-corrected chi connectivity index (χ1v) is 8.05. The maximum absolute atomic E-state index is 5.40. The third-order valence-electron chi connectivity index (χ3n) is 4.42. The molecule has 5 heteroatoms. The van der Waals surface area contributed by atoms with Gasteiger partial charge in [-0.2, -0.15) is 0 Å². The summed E-state index contributed by atoms with van der Waals surface area (Å²) < 4.78 is 5.40. The van der Waals surface area contributed by atoms with E-state index in [0.717, 1.165) is 55.9 Å². The molecule has 0 atom stereocenters. The molecule has 1 saturated heterocycles. The van der Waals surface area contributed by atoms with Gasteiger partial charge in [0.15, 0.2) is 5.58 Å². The summed E-state index contributed by atoms with van der Waals surface area (Å²) in [7, 11) is 0. The highest BCUT2D eigenvalue weighted by Gasteiger charge is 2.19. The zero-order valence-electron chi connectivity index (χ0n) is 13.1. The fourth-order valence-electron chi connectivity index (χ4n) is 3.12. The fraction of sp³-hybridized carbons (Fsp3) is 0.333. The molecule has 1 aliphatic rings. The fourth-order valence-corrected chi connectivity index (χ4v) is 3.12. The molecule has 23 heavy (non-hydrogen) atoms. The van der Waals surface area contributed by atoms with Crippen LogP contribution in [0.3, 0.4) is 0 Å². The lowest BCUT2D eigenvalue weighted by atomic mass is 10.2. The topological polar surface area (TPSA) is 45.4 Å². The highest BCUT2D eigenvalue weighted by Crippen LogP contribution is 2.20. The van der Waals surface area contributed by atoms with Crippen molar-refractivity contribution >= 4 is 11.0 Å². The molecule has 0 saturated carbocycles. The van der Waals surface area contributed by atoms with Crippen molar-refractivity contribution in [2.75, 3.05) is 26.2 Å². The molecule has 0 bridgehead atoms. The lowest BCUT2D eigenvalue weighted by molar-refractivity contribution is 0.120. The van der Waals surface area contributed by atoms with Crippen LogP contribution in [0.2, 0.25) is 0 Å². The van der Waals surface area contributed by atoms with E-state index < -0.39 is 0 Å². The highest BCUT2D eigenvalue weighted by atomic mass is 16.5. The number of aromatic nitrogens is 2. The summed E-state index contributed by atoms with van der Waals surface area (Å²) in [5.41, 5.74) is 3.20. The van der Waals surface area contributed by atoms with Gasteiger partial charge in [0.2, 0.25) is 0 Å². The van der Waals surface area contributed by atoms with E-state index in [0.29, 0.717) is 0 Å². The number of hydrogen-bond donors (Lipinski definition) is 0. The maximum atomic E-state index is 5.40. The molecule has 4 rings (SSSR count). The molecule has 0 unspecified atom stereocenters. The Labute approximate surface area is 135 Å². The molecule has 5 nitrogen and oxygen atoms in total. The van der Waals surface area contributed by atoms with Crippen molar-refractivity contribution in [3.05, 3.63) is 60.0 Å². The predicted molar refractivity (Wildman–Crippen MR) is 88.8 cm³/mol. The van der Waals surface area contributed by atoms with Crippen LogP contribution in [-0.4, -0.2) is 46.1 Å².